The monoisotopic (exact) mass is 246 g/mol. The number of rotatable bonds is 8. The van der Waals surface area contributed by atoms with Crippen molar-refractivity contribution in [2.45, 2.75) is 38.3 Å². The minimum atomic E-state index is 0.716. The Labute approximate surface area is 109 Å². The SMILES string of the molecule is C=CCCCN(C)c1cnc(CNC2CC2)cn1. The van der Waals surface area contributed by atoms with E-state index in [2.05, 4.69) is 33.8 Å². The number of anilines is 1. The van der Waals surface area contributed by atoms with E-state index in [9.17, 15) is 0 Å². The normalized spacial score (nSPS) is 14.5. The van der Waals surface area contributed by atoms with Crippen molar-refractivity contribution in [3.8, 4) is 0 Å². The maximum Gasteiger partial charge on any atom is 0.146 e. The molecule has 1 aliphatic carbocycles. The van der Waals surface area contributed by atoms with E-state index in [0.29, 0.717) is 6.04 Å². The van der Waals surface area contributed by atoms with E-state index in [0.717, 1.165) is 37.4 Å². The van der Waals surface area contributed by atoms with Crippen LogP contribution < -0.4 is 10.2 Å². The second-order valence-electron chi connectivity index (χ2n) is 4.87. The summed E-state index contributed by atoms with van der Waals surface area (Å²) < 4.78 is 0. The lowest BCUT2D eigenvalue weighted by Crippen LogP contribution is -2.21. The predicted molar refractivity (Wildman–Crippen MR) is 74.6 cm³/mol. The number of aromatic nitrogens is 2. The zero-order valence-corrected chi connectivity index (χ0v) is 11.1. The summed E-state index contributed by atoms with van der Waals surface area (Å²) in [5.74, 6) is 0.939. The molecule has 0 bridgehead atoms. The number of unbranched alkanes of at least 4 members (excludes halogenated alkanes) is 1. The fraction of sp³-hybridized carbons (Fsp3) is 0.571. The first-order valence-corrected chi connectivity index (χ1v) is 6.66. The van der Waals surface area contributed by atoms with Gasteiger partial charge in [-0.2, -0.15) is 0 Å². The Kier molecular flexibility index (Phi) is 4.70. The summed E-state index contributed by atoms with van der Waals surface area (Å²) in [6, 6.07) is 0.716. The minimum Gasteiger partial charge on any atom is -0.358 e. The summed E-state index contributed by atoms with van der Waals surface area (Å²) in [6.07, 6.45) is 10.4. The maximum atomic E-state index is 4.45. The summed E-state index contributed by atoms with van der Waals surface area (Å²) in [4.78, 5) is 11.0. The maximum absolute atomic E-state index is 4.45. The molecule has 4 nitrogen and oxygen atoms in total. The van der Waals surface area contributed by atoms with Crippen LogP contribution in [0.4, 0.5) is 5.82 Å². The quantitative estimate of drug-likeness (QED) is 0.563. The lowest BCUT2D eigenvalue weighted by atomic mass is 10.3. The van der Waals surface area contributed by atoms with Crippen LogP contribution in [0.2, 0.25) is 0 Å². The average Bonchev–Trinajstić information content (AvgIpc) is 3.21. The Balaban J connectivity index is 1.79. The summed E-state index contributed by atoms with van der Waals surface area (Å²) in [6.45, 7) is 5.55. The molecule has 0 radical (unpaired) electrons. The second-order valence-corrected chi connectivity index (χ2v) is 4.87. The van der Waals surface area contributed by atoms with Crippen molar-refractivity contribution in [2.75, 3.05) is 18.5 Å². The Morgan fingerprint density at radius 3 is 2.89 bits per heavy atom. The molecule has 1 aromatic heterocycles. The van der Waals surface area contributed by atoms with Crippen LogP contribution in [0.5, 0.6) is 0 Å². The number of nitrogens with zero attached hydrogens (tertiary/aromatic N) is 3. The van der Waals surface area contributed by atoms with Gasteiger partial charge >= 0.3 is 0 Å². The smallest absolute Gasteiger partial charge is 0.146 e. The van der Waals surface area contributed by atoms with Gasteiger partial charge in [0.25, 0.3) is 0 Å². The molecule has 0 saturated heterocycles. The van der Waals surface area contributed by atoms with Gasteiger partial charge in [0.15, 0.2) is 0 Å². The molecule has 0 aliphatic heterocycles. The highest BCUT2D eigenvalue weighted by atomic mass is 15.2. The third kappa shape index (κ3) is 4.11. The fourth-order valence-corrected chi connectivity index (χ4v) is 1.76. The third-order valence-corrected chi connectivity index (χ3v) is 3.13. The zero-order valence-electron chi connectivity index (χ0n) is 11.1. The van der Waals surface area contributed by atoms with Gasteiger partial charge in [0, 0.05) is 26.2 Å². The molecular formula is C14H22N4. The van der Waals surface area contributed by atoms with Crippen molar-refractivity contribution in [1.29, 1.82) is 0 Å². The first kappa shape index (κ1) is 13.0. The highest BCUT2D eigenvalue weighted by Crippen LogP contribution is 2.19. The molecule has 0 atom stereocenters. The highest BCUT2D eigenvalue weighted by Gasteiger charge is 2.20. The van der Waals surface area contributed by atoms with Crippen molar-refractivity contribution in [3.63, 3.8) is 0 Å². The van der Waals surface area contributed by atoms with E-state index in [1.165, 1.54) is 12.8 Å². The summed E-state index contributed by atoms with van der Waals surface area (Å²) in [5.41, 5.74) is 1.02. The van der Waals surface area contributed by atoms with Gasteiger partial charge in [-0.1, -0.05) is 6.08 Å². The summed E-state index contributed by atoms with van der Waals surface area (Å²) in [5, 5.41) is 3.44. The molecule has 0 amide bonds. The van der Waals surface area contributed by atoms with E-state index in [-0.39, 0.29) is 0 Å². The van der Waals surface area contributed by atoms with Gasteiger partial charge < -0.3 is 10.2 Å². The highest BCUT2D eigenvalue weighted by molar-refractivity contribution is 5.34. The molecule has 1 fully saturated rings. The van der Waals surface area contributed by atoms with Crippen molar-refractivity contribution in [2.24, 2.45) is 0 Å². The van der Waals surface area contributed by atoms with Crippen LogP contribution in [-0.4, -0.2) is 29.6 Å². The number of hydrogen-bond donors (Lipinski definition) is 1. The number of nitrogens with one attached hydrogen (secondary N) is 1. The Morgan fingerprint density at radius 2 is 2.28 bits per heavy atom. The molecule has 0 aromatic carbocycles. The van der Waals surface area contributed by atoms with E-state index in [1.807, 2.05) is 18.5 Å². The lowest BCUT2D eigenvalue weighted by Gasteiger charge is -2.17. The first-order valence-electron chi connectivity index (χ1n) is 6.66. The standard InChI is InChI=1S/C14H22N4/c1-3-4-5-8-18(2)14-11-16-13(10-17-14)9-15-12-6-7-12/h3,10-12,15H,1,4-9H2,2H3. The summed E-state index contributed by atoms with van der Waals surface area (Å²) in [7, 11) is 2.05. The van der Waals surface area contributed by atoms with Crippen LogP contribution in [0.1, 0.15) is 31.4 Å². The van der Waals surface area contributed by atoms with Gasteiger partial charge in [-0.3, -0.25) is 4.98 Å². The predicted octanol–water partition coefficient (Wildman–Crippen LogP) is 2.13. The van der Waals surface area contributed by atoms with Crippen LogP contribution in [0.3, 0.4) is 0 Å². The van der Waals surface area contributed by atoms with Crippen molar-refractivity contribution < 1.29 is 0 Å². The van der Waals surface area contributed by atoms with Crippen molar-refractivity contribution in [3.05, 3.63) is 30.7 Å². The van der Waals surface area contributed by atoms with Gasteiger partial charge in [-0.05, 0) is 25.7 Å². The van der Waals surface area contributed by atoms with Crippen LogP contribution in [0.15, 0.2) is 25.0 Å². The molecule has 4 heteroatoms. The van der Waals surface area contributed by atoms with E-state index < -0.39 is 0 Å². The molecule has 18 heavy (non-hydrogen) atoms. The van der Waals surface area contributed by atoms with Gasteiger partial charge in [0.05, 0.1) is 18.1 Å². The van der Waals surface area contributed by atoms with Gasteiger partial charge in [-0.15, -0.1) is 6.58 Å². The van der Waals surface area contributed by atoms with Gasteiger partial charge in [-0.25, -0.2) is 4.98 Å². The van der Waals surface area contributed by atoms with Crippen LogP contribution in [0.25, 0.3) is 0 Å². The minimum absolute atomic E-state index is 0.716. The fourth-order valence-electron chi connectivity index (χ4n) is 1.76. The largest absolute Gasteiger partial charge is 0.358 e. The molecule has 1 heterocycles. The summed E-state index contributed by atoms with van der Waals surface area (Å²) >= 11 is 0. The van der Waals surface area contributed by atoms with Crippen LogP contribution in [-0.2, 0) is 6.54 Å². The van der Waals surface area contributed by atoms with Crippen molar-refractivity contribution in [1.82, 2.24) is 15.3 Å². The Hall–Kier alpha value is -1.42. The molecular weight excluding hydrogens is 224 g/mol. The van der Waals surface area contributed by atoms with E-state index in [1.54, 1.807) is 0 Å². The van der Waals surface area contributed by atoms with E-state index in [4.69, 9.17) is 0 Å². The Bertz CT molecular complexity index is 370. The second kappa shape index (κ2) is 6.50. The molecule has 2 rings (SSSR count). The molecule has 1 aromatic rings. The molecule has 0 unspecified atom stereocenters. The van der Waals surface area contributed by atoms with E-state index >= 15 is 0 Å². The average molecular weight is 246 g/mol. The first-order chi connectivity index (χ1) is 8.79. The molecule has 98 valence electrons. The van der Waals surface area contributed by atoms with Gasteiger partial charge in [0.2, 0.25) is 0 Å². The van der Waals surface area contributed by atoms with Gasteiger partial charge in [0.1, 0.15) is 5.82 Å². The van der Waals surface area contributed by atoms with Crippen LogP contribution >= 0.6 is 0 Å². The lowest BCUT2D eigenvalue weighted by molar-refractivity contribution is 0.670. The van der Waals surface area contributed by atoms with Crippen LogP contribution in [0, 0.1) is 0 Å². The number of hydrogen-bond acceptors (Lipinski definition) is 4. The third-order valence-electron chi connectivity index (χ3n) is 3.13. The Morgan fingerprint density at radius 1 is 1.44 bits per heavy atom. The molecule has 1 N–H and O–H groups in total. The zero-order chi connectivity index (χ0) is 12.8. The number of allylic oxidation sites excluding steroid dienone is 1. The topological polar surface area (TPSA) is 41.1 Å². The molecule has 0 spiro atoms. The van der Waals surface area contributed by atoms with Crippen molar-refractivity contribution >= 4 is 5.82 Å². The molecule has 1 saturated carbocycles. The molecule has 1 aliphatic rings.